The molecule has 5 rings (SSSR count). The Bertz CT molecular complexity index is 1080. The molecule has 1 aromatic heterocycles. The summed E-state index contributed by atoms with van der Waals surface area (Å²) < 4.78 is 10.5. The lowest BCUT2D eigenvalue weighted by Crippen LogP contribution is -2.32. The molecule has 3 aliphatic rings. The van der Waals surface area contributed by atoms with Gasteiger partial charge in [-0.05, 0) is 54.4 Å². The van der Waals surface area contributed by atoms with Crippen LogP contribution in [0.3, 0.4) is 0 Å². The van der Waals surface area contributed by atoms with E-state index in [9.17, 15) is 9.59 Å². The lowest BCUT2D eigenvalue weighted by Gasteiger charge is -2.24. The molecule has 0 saturated heterocycles. The second-order valence-electron chi connectivity index (χ2n) is 8.37. The Morgan fingerprint density at radius 3 is 2.81 bits per heavy atom. The van der Waals surface area contributed by atoms with E-state index in [2.05, 4.69) is 16.0 Å². The number of methoxy groups -OCH3 is 1. The van der Waals surface area contributed by atoms with Crippen molar-refractivity contribution in [2.75, 3.05) is 30.9 Å². The summed E-state index contributed by atoms with van der Waals surface area (Å²) in [5.41, 5.74) is 9.40. The van der Waals surface area contributed by atoms with Crippen LogP contribution in [0.1, 0.15) is 41.6 Å². The predicted molar refractivity (Wildman–Crippen MR) is 114 cm³/mol. The molecule has 0 radical (unpaired) electrons. The number of aromatic nitrogens is 2. The van der Waals surface area contributed by atoms with Crippen LogP contribution in [0.2, 0.25) is 0 Å². The van der Waals surface area contributed by atoms with Crippen molar-refractivity contribution in [2.24, 2.45) is 11.3 Å². The zero-order valence-corrected chi connectivity index (χ0v) is 17.3. The van der Waals surface area contributed by atoms with Gasteiger partial charge in [0.05, 0.1) is 19.6 Å². The summed E-state index contributed by atoms with van der Waals surface area (Å²) in [5, 5.41) is 0. The first kappa shape index (κ1) is 19.5. The van der Waals surface area contributed by atoms with Crippen LogP contribution in [0, 0.1) is 11.3 Å². The van der Waals surface area contributed by atoms with Crippen molar-refractivity contribution in [3.8, 4) is 5.88 Å². The second kappa shape index (κ2) is 7.37. The Labute approximate surface area is 180 Å². The minimum Gasteiger partial charge on any atom is -0.475 e. The van der Waals surface area contributed by atoms with Crippen molar-refractivity contribution in [3.63, 3.8) is 0 Å². The van der Waals surface area contributed by atoms with E-state index < -0.39 is 0 Å². The largest absolute Gasteiger partial charge is 0.475 e. The van der Waals surface area contributed by atoms with Gasteiger partial charge in [-0.3, -0.25) is 9.59 Å². The van der Waals surface area contributed by atoms with Gasteiger partial charge in [0, 0.05) is 5.69 Å². The van der Waals surface area contributed by atoms with Gasteiger partial charge in [0.1, 0.15) is 24.3 Å². The first-order chi connectivity index (χ1) is 15.0. The Kier molecular flexibility index (Phi) is 4.64. The van der Waals surface area contributed by atoms with Crippen LogP contribution in [0.4, 0.5) is 11.5 Å². The Morgan fingerprint density at radius 1 is 1.29 bits per heavy atom. The van der Waals surface area contributed by atoms with Crippen LogP contribution in [0.5, 0.6) is 5.88 Å². The molecular weight excluding hydrogens is 396 g/mol. The molecule has 2 N–H and O–H groups in total. The minimum absolute atomic E-state index is 0.0493. The molecular formula is C23H24N4O4. The topological polar surface area (TPSA) is 108 Å². The highest BCUT2D eigenvalue weighted by Crippen LogP contribution is 2.61. The van der Waals surface area contributed by atoms with Crippen molar-refractivity contribution in [1.82, 2.24) is 9.97 Å². The maximum Gasteiger partial charge on any atom is 0.309 e. The maximum absolute atomic E-state index is 13.1. The molecule has 8 heteroatoms. The number of hydrogen-bond acceptors (Lipinski definition) is 7. The first-order valence-corrected chi connectivity index (χ1v) is 10.4. The number of nitrogen functional groups attached to an aromatic ring is 1. The van der Waals surface area contributed by atoms with Crippen LogP contribution >= 0.6 is 0 Å². The molecule has 1 aromatic carbocycles. The van der Waals surface area contributed by atoms with E-state index in [-0.39, 0.29) is 40.5 Å². The Hall–Kier alpha value is -3.42. The lowest BCUT2D eigenvalue weighted by atomic mass is 9.83. The van der Waals surface area contributed by atoms with Crippen molar-refractivity contribution in [2.45, 2.75) is 25.7 Å². The highest BCUT2D eigenvalue weighted by molar-refractivity contribution is 6.10. The number of ether oxygens (including phenoxy) is 2. The summed E-state index contributed by atoms with van der Waals surface area (Å²) in [6, 6.07) is 7.96. The number of nitrogens with two attached hydrogens (primary N) is 1. The number of hydrogen-bond donors (Lipinski definition) is 1. The number of amides is 1. The molecule has 2 aromatic rings. The third kappa shape index (κ3) is 3.32. The fraction of sp³-hybridized carbons (Fsp3) is 0.391. The summed E-state index contributed by atoms with van der Waals surface area (Å²) in [7, 11) is 1.46. The smallest absolute Gasteiger partial charge is 0.309 e. The zero-order valence-electron chi connectivity index (χ0n) is 17.3. The summed E-state index contributed by atoms with van der Waals surface area (Å²) in [6.07, 6.45) is 7.31. The van der Waals surface area contributed by atoms with Crippen LogP contribution in [0.15, 0.2) is 36.7 Å². The monoisotopic (exact) mass is 420 g/mol. The normalized spacial score (nSPS) is 24.7. The van der Waals surface area contributed by atoms with Gasteiger partial charge in [0.25, 0.3) is 5.91 Å². The molecule has 160 valence electrons. The molecule has 2 heterocycles. The van der Waals surface area contributed by atoms with E-state index in [1.807, 2.05) is 24.3 Å². The fourth-order valence-corrected chi connectivity index (χ4v) is 4.77. The van der Waals surface area contributed by atoms with E-state index in [1.54, 1.807) is 4.90 Å². The highest BCUT2D eigenvalue weighted by atomic mass is 16.5. The third-order valence-corrected chi connectivity index (χ3v) is 6.73. The molecule has 8 nitrogen and oxygen atoms in total. The van der Waals surface area contributed by atoms with E-state index in [0.29, 0.717) is 13.2 Å². The SMILES string of the molecule is COC(=O)C1CC12CC=C(c1ccc(N3CCOc4ncnc(N)c4C3=O)cc1)CC2. The average molecular weight is 420 g/mol. The number of benzene rings is 1. The van der Waals surface area contributed by atoms with Gasteiger partial charge >= 0.3 is 5.97 Å². The molecule has 2 aliphatic carbocycles. The van der Waals surface area contributed by atoms with Gasteiger partial charge in [-0.15, -0.1) is 0 Å². The number of allylic oxidation sites excluding steroid dienone is 2. The highest BCUT2D eigenvalue weighted by Gasteiger charge is 2.58. The summed E-state index contributed by atoms with van der Waals surface area (Å²) in [6.45, 7) is 0.722. The molecule has 1 aliphatic heterocycles. The number of carbonyl (C=O) groups is 2. The van der Waals surface area contributed by atoms with Crippen LogP contribution < -0.4 is 15.4 Å². The van der Waals surface area contributed by atoms with E-state index in [0.717, 1.165) is 36.9 Å². The van der Waals surface area contributed by atoms with Crippen molar-refractivity contribution in [1.29, 1.82) is 0 Å². The van der Waals surface area contributed by atoms with Gasteiger partial charge in [0.15, 0.2) is 0 Å². The summed E-state index contributed by atoms with van der Waals surface area (Å²) in [4.78, 5) is 34.5. The molecule has 2 atom stereocenters. The van der Waals surface area contributed by atoms with Gasteiger partial charge in [-0.25, -0.2) is 9.97 Å². The quantitative estimate of drug-likeness (QED) is 0.761. The van der Waals surface area contributed by atoms with Crippen LogP contribution in [-0.4, -0.2) is 42.1 Å². The molecule has 1 saturated carbocycles. The molecule has 31 heavy (non-hydrogen) atoms. The van der Waals surface area contributed by atoms with Crippen LogP contribution in [0.25, 0.3) is 5.57 Å². The molecule has 0 bridgehead atoms. The second-order valence-corrected chi connectivity index (χ2v) is 8.37. The Balaban J connectivity index is 1.33. The first-order valence-electron chi connectivity index (χ1n) is 10.4. The Morgan fingerprint density at radius 2 is 2.10 bits per heavy atom. The number of carbonyl (C=O) groups excluding carboxylic acids is 2. The van der Waals surface area contributed by atoms with Gasteiger partial charge in [-0.2, -0.15) is 0 Å². The molecule has 1 amide bonds. The lowest BCUT2D eigenvalue weighted by molar-refractivity contribution is -0.143. The van der Waals surface area contributed by atoms with Crippen molar-refractivity contribution >= 4 is 29.0 Å². The molecule has 1 fully saturated rings. The predicted octanol–water partition coefficient (Wildman–Crippen LogP) is 2.84. The van der Waals surface area contributed by atoms with Gasteiger partial charge < -0.3 is 20.1 Å². The van der Waals surface area contributed by atoms with E-state index in [4.69, 9.17) is 15.2 Å². The molecule has 1 spiro atoms. The summed E-state index contributed by atoms with van der Waals surface area (Å²) in [5.74, 6) is 0.0429. The number of anilines is 2. The number of rotatable bonds is 3. The number of esters is 1. The van der Waals surface area contributed by atoms with E-state index >= 15 is 0 Å². The summed E-state index contributed by atoms with van der Waals surface area (Å²) >= 11 is 0. The minimum atomic E-state index is -0.264. The van der Waals surface area contributed by atoms with Crippen molar-refractivity contribution in [3.05, 3.63) is 47.8 Å². The van der Waals surface area contributed by atoms with Gasteiger partial charge in [-0.1, -0.05) is 18.2 Å². The number of nitrogens with zero attached hydrogens (tertiary/aromatic N) is 3. The standard InChI is InChI=1S/C23H24N4O4/c1-30-22(29)17-12-23(17)8-6-15(7-9-23)14-2-4-16(5-3-14)27-10-11-31-20-18(21(27)28)19(24)25-13-26-20/h2-6,13,17H,7-12H2,1H3,(H2,24,25,26). The fourth-order valence-electron chi connectivity index (χ4n) is 4.77. The van der Waals surface area contributed by atoms with E-state index in [1.165, 1.54) is 19.0 Å². The number of fused-ring (bicyclic) bond motifs is 1. The third-order valence-electron chi connectivity index (χ3n) is 6.73. The zero-order chi connectivity index (χ0) is 21.6. The maximum atomic E-state index is 13.1. The van der Waals surface area contributed by atoms with Crippen molar-refractivity contribution < 1.29 is 19.1 Å². The van der Waals surface area contributed by atoms with Gasteiger partial charge in [0.2, 0.25) is 5.88 Å². The van der Waals surface area contributed by atoms with Crippen LogP contribution in [-0.2, 0) is 9.53 Å². The molecule has 2 unspecified atom stereocenters. The average Bonchev–Trinajstić information content (AvgIpc) is 3.52.